The molecular weight excluding hydrogens is 539 g/mol. The molecule has 1 amide bonds. The number of rotatable bonds is 10. The molecular formula is C27H29FN6O3S2. The van der Waals surface area contributed by atoms with Crippen molar-refractivity contribution in [2.45, 2.75) is 17.4 Å². The summed E-state index contributed by atoms with van der Waals surface area (Å²) < 4.78 is 51.7. The minimum absolute atomic E-state index is 0.00710. The summed E-state index contributed by atoms with van der Waals surface area (Å²) in [5.41, 5.74) is 2.20. The van der Waals surface area contributed by atoms with Gasteiger partial charge in [-0.3, -0.25) is 9.69 Å². The van der Waals surface area contributed by atoms with Crippen molar-refractivity contribution in [1.29, 1.82) is 0 Å². The highest BCUT2D eigenvalue weighted by atomic mass is 32.2. The van der Waals surface area contributed by atoms with E-state index in [0.717, 1.165) is 30.4 Å². The van der Waals surface area contributed by atoms with Gasteiger partial charge in [0.2, 0.25) is 15.9 Å². The molecule has 0 bridgehead atoms. The van der Waals surface area contributed by atoms with Gasteiger partial charge < -0.3 is 10.2 Å². The third kappa shape index (κ3) is 6.59. The number of para-hydroxylation sites is 1. The van der Waals surface area contributed by atoms with Crippen LogP contribution < -0.4 is 14.9 Å². The van der Waals surface area contributed by atoms with Gasteiger partial charge in [0.15, 0.2) is 0 Å². The number of fused-ring (bicyclic) bond motifs is 1. The number of hydrogen-bond acceptors (Lipinski definition) is 8. The Hall–Kier alpha value is -3.45. The highest BCUT2D eigenvalue weighted by molar-refractivity contribution is 7.89. The molecule has 39 heavy (non-hydrogen) atoms. The van der Waals surface area contributed by atoms with Crippen molar-refractivity contribution in [2.75, 3.05) is 44.2 Å². The highest BCUT2D eigenvalue weighted by Gasteiger charge is 2.28. The van der Waals surface area contributed by atoms with Crippen molar-refractivity contribution in [3.8, 4) is 0 Å². The molecule has 204 valence electrons. The number of aromatic nitrogens is 2. The number of amides is 1. The Labute approximate surface area is 231 Å². The molecule has 9 nitrogen and oxygen atoms in total. The van der Waals surface area contributed by atoms with Crippen LogP contribution in [0.4, 0.5) is 10.1 Å². The van der Waals surface area contributed by atoms with Gasteiger partial charge in [-0.1, -0.05) is 48.5 Å². The second-order valence-corrected chi connectivity index (χ2v) is 11.5. The molecule has 1 saturated heterocycles. The molecule has 1 fully saturated rings. The van der Waals surface area contributed by atoms with Gasteiger partial charge in [0, 0.05) is 39.3 Å². The molecule has 1 aliphatic heterocycles. The molecule has 1 aliphatic rings. The molecule has 3 aromatic carbocycles. The lowest BCUT2D eigenvalue weighted by atomic mass is 10.1. The van der Waals surface area contributed by atoms with Crippen LogP contribution in [0.15, 0.2) is 77.7 Å². The van der Waals surface area contributed by atoms with E-state index < -0.39 is 22.0 Å². The Balaban J connectivity index is 1.21. The molecule has 0 unspecified atom stereocenters. The Kier molecular flexibility index (Phi) is 8.46. The van der Waals surface area contributed by atoms with Gasteiger partial charge in [-0.05, 0) is 36.2 Å². The molecule has 12 heteroatoms. The average molecular weight is 569 g/mol. The second-order valence-electron chi connectivity index (χ2n) is 9.32. The van der Waals surface area contributed by atoms with Gasteiger partial charge in [-0.2, -0.15) is 13.5 Å². The minimum atomic E-state index is -4.06. The van der Waals surface area contributed by atoms with E-state index in [1.165, 1.54) is 12.1 Å². The topological polar surface area (TPSA) is 108 Å². The van der Waals surface area contributed by atoms with Crippen LogP contribution in [-0.4, -0.2) is 73.3 Å². The van der Waals surface area contributed by atoms with Crippen LogP contribution in [0.3, 0.4) is 0 Å². The van der Waals surface area contributed by atoms with E-state index in [1.54, 1.807) is 24.3 Å². The van der Waals surface area contributed by atoms with Crippen LogP contribution in [0, 0.1) is 5.82 Å². The molecule has 4 aromatic rings. The third-order valence-electron chi connectivity index (χ3n) is 6.73. The molecule has 1 aromatic heterocycles. The Morgan fingerprint density at radius 3 is 2.46 bits per heavy atom. The van der Waals surface area contributed by atoms with Crippen LogP contribution in [0.1, 0.15) is 5.56 Å². The minimum Gasteiger partial charge on any atom is -0.367 e. The lowest BCUT2D eigenvalue weighted by Gasteiger charge is -2.36. The smallest absolute Gasteiger partial charge is 0.243 e. The molecule has 0 radical (unpaired) electrons. The summed E-state index contributed by atoms with van der Waals surface area (Å²) in [5, 5.41) is 2.90. The number of sulfonamides is 1. The summed E-state index contributed by atoms with van der Waals surface area (Å²) >= 11 is 0.937. The van der Waals surface area contributed by atoms with Crippen molar-refractivity contribution in [3.63, 3.8) is 0 Å². The predicted octanol–water partition coefficient (Wildman–Crippen LogP) is 2.66. The molecule has 2 N–H and O–H groups in total. The number of nitrogens with one attached hydrogen (secondary N) is 2. The van der Waals surface area contributed by atoms with Crippen molar-refractivity contribution in [1.82, 2.24) is 23.7 Å². The standard InChI is InChI=1S/C27H29FN6O3S2/c28-21-9-4-5-11-24(21)34-17-15-33(16-18-34)14-13-29-27(35)23(19-20-7-2-1-3-8-20)32-39(36,37)25-12-6-10-22-26(25)31-38-30-22/h1-12,23,32H,13-19H2,(H,29,35)/t23-/m1/s1. The first-order chi connectivity index (χ1) is 18.9. The lowest BCUT2D eigenvalue weighted by Crippen LogP contribution is -2.51. The summed E-state index contributed by atoms with van der Waals surface area (Å²) in [6, 6.07) is 19.8. The van der Waals surface area contributed by atoms with E-state index in [0.29, 0.717) is 37.4 Å². The number of hydrogen-bond donors (Lipinski definition) is 2. The summed E-state index contributed by atoms with van der Waals surface area (Å²) in [7, 11) is -4.06. The van der Waals surface area contributed by atoms with E-state index >= 15 is 0 Å². The number of carbonyl (C=O) groups is 1. The van der Waals surface area contributed by atoms with Crippen molar-refractivity contribution < 1.29 is 17.6 Å². The van der Waals surface area contributed by atoms with Gasteiger partial charge in [0.25, 0.3) is 0 Å². The number of piperazine rings is 1. The molecule has 0 aliphatic carbocycles. The Morgan fingerprint density at radius 1 is 0.949 bits per heavy atom. The van der Waals surface area contributed by atoms with Crippen molar-refractivity contribution in [2.24, 2.45) is 0 Å². The largest absolute Gasteiger partial charge is 0.367 e. The van der Waals surface area contributed by atoms with Crippen LogP contribution in [0.25, 0.3) is 11.0 Å². The Bertz CT molecular complexity index is 1520. The normalized spacial score (nSPS) is 15.4. The summed E-state index contributed by atoms with van der Waals surface area (Å²) in [5.74, 6) is -0.636. The number of nitrogens with zero attached hydrogens (tertiary/aromatic N) is 4. The first-order valence-corrected chi connectivity index (χ1v) is 14.9. The molecule has 1 atom stereocenters. The monoisotopic (exact) mass is 568 g/mol. The van der Waals surface area contributed by atoms with Crippen LogP contribution >= 0.6 is 11.7 Å². The number of carbonyl (C=O) groups excluding carboxylic acids is 1. The average Bonchev–Trinajstić information content (AvgIpc) is 3.43. The van der Waals surface area contributed by atoms with Gasteiger partial charge in [-0.25, -0.2) is 12.8 Å². The molecule has 0 saturated carbocycles. The molecule has 5 rings (SSSR count). The SMILES string of the molecule is O=C(NCCN1CCN(c2ccccc2F)CC1)[C@@H](Cc1ccccc1)NS(=O)(=O)c1cccc2nsnc12. The molecule has 0 spiro atoms. The number of halogens is 1. The summed E-state index contributed by atoms with van der Waals surface area (Å²) in [6.45, 7) is 3.79. The maximum absolute atomic E-state index is 14.1. The number of benzene rings is 3. The zero-order chi connectivity index (χ0) is 27.2. The van der Waals surface area contributed by atoms with Crippen LogP contribution in [-0.2, 0) is 21.2 Å². The predicted molar refractivity (Wildman–Crippen MR) is 150 cm³/mol. The van der Waals surface area contributed by atoms with E-state index in [9.17, 15) is 17.6 Å². The third-order valence-corrected chi connectivity index (χ3v) is 8.77. The second kappa shape index (κ2) is 12.2. The van der Waals surface area contributed by atoms with E-state index in [1.807, 2.05) is 41.3 Å². The van der Waals surface area contributed by atoms with Gasteiger partial charge in [-0.15, -0.1) is 0 Å². The molecule has 2 heterocycles. The maximum Gasteiger partial charge on any atom is 0.243 e. The highest BCUT2D eigenvalue weighted by Crippen LogP contribution is 2.22. The lowest BCUT2D eigenvalue weighted by molar-refractivity contribution is -0.122. The fourth-order valence-corrected chi connectivity index (χ4v) is 6.63. The first-order valence-electron chi connectivity index (χ1n) is 12.7. The fourth-order valence-electron chi connectivity index (χ4n) is 4.67. The van der Waals surface area contributed by atoms with Gasteiger partial charge in [0.1, 0.15) is 27.8 Å². The van der Waals surface area contributed by atoms with Gasteiger partial charge in [0.05, 0.1) is 17.4 Å². The zero-order valence-corrected chi connectivity index (χ0v) is 22.8. The van der Waals surface area contributed by atoms with E-state index in [2.05, 4.69) is 23.7 Å². The Morgan fingerprint density at radius 2 is 1.69 bits per heavy atom. The first kappa shape index (κ1) is 27.1. The summed E-state index contributed by atoms with van der Waals surface area (Å²) in [6.07, 6.45) is 0.193. The van der Waals surface area contributed by atoms with Crippen molar-refractivity contribution >= 4 is 44.4 Å². The fraction of sp³-hybridized carbons (Fsp3) is 0.296. The maximum atomic E-state index is 14.1. The van der Waals surface area contributed by atoms with Gasteiger partial charge >= 0.3 is 0 Å². The zero-order valence-electron chi connectivity index (χ0n) is 21.2. The number of anilines is 1. The van der Waals surface area contributed by atoms with Crippen LogP contribution in [0.2, 0.25) is 0 Å². The van der Waals surface area contributed by atoms with Crippen LogP contribution in [0.5, 0.6) is 0 Å². The van der Waals surface area contributed by atoms with Crippen molar-refractivity contribution in [3.05, 3.63) is 84.2 Å². The summed E-state index contributed by atoms with van der Waals surface area (Å²) in [4.78, 5) is 17.5. The van der Waals surface area contributed by atoms with E-state index in [-0.39, 0.29) is 22.7 Å². The van der Waals surface area contributed by atoms with E-state index in [4.69, 9.17) is 0 Å². The quantitative estimate of drug-likeness (QED) is 0.303.